The summed E-state index contributed by atoms with van der Waals surface area (Å²) in [5.41, 5.74) is -28.7. The third-order valence-electron chi connectivity index (χ3n) is 10.4. The molecule has 0 amide bonds. The second kappa shape index (κ2) is 21.3. The molecule has 3 rings (SSSR count). The van der Waals surface area contributed by atoms with Crippen molar-refractivity contribution in [2.24, 2.45) is 0 Å². The highest BCUT2D eigenvalue weighted by molar-refractivity contribution is 7.96. The fourth-order valence-corrected chi connectivity index (χ4v) is 60.6. The van der Waals surface area contributed by atoms with E-state index in [0.29, 0.717) is 52.4 Å². The van der Waals surface area contributed by atoms with Crippen LogP contribution in [0.4, 0.5) is 105 Å². The van der Waals surface area contributed by atoms with Gasteiger partial charge in [-0.3, -0.25) is 13.7 Å². The van der Waals surface area contributed by atoms with Crippen molar-refractivity contribution in [1.82, 2.24) is 0 Å². The van der Waals surface area contributed by atoms with E-state index in [0.717, 1.165) is 0 Å². The molecular weight excluding hydrogens is 1300 g/mol. The highest BCUT2D eigenvalue weighted by Crippen LogP contribution is 2.76. The summed E-state index contributed by atoms with van der Waals surface area (Å²) in [4.78, 5) is 0. The molecule has 3 atom stereocenters. The van der Waals surface area contributed by atoms with Gasteiger partial charge in [0.05, 0.1) is 0 Å². The average molecular weight is 1340 g/mol. The molecule has 440 valence electrons. The first kappa shape index (κ1) is 69.2. The van der Waals surface area contributed by atoms with Crippen molar-refractivity contribution in [3.8, 4) is 0 Å². The Morgan fingerprint density at radius 1 is 0.273 bits per heavy atom. The summed E-state index contributed by atoms with van der Waals surface area (Å²) in [7, 11) is -61.1. The van der Waals surface area contributed by atoms with Gasteiger partial charge in [0.2, 0.25) is 17.5 Å². The predicted octanol–water partition coefficient (Wildman–Crippen LogP) is 16.9. The normalized spacial score (nSPS) is 17.3. The van der Waals surface area contributed by atoms with Crippen LogP contribution in [0.2, 0.25) is 85.1 Å². The second-order valence-electron chi connectivity index (χ2n) is 19.1. The summed E-state index contributed by atoms with van der Waals surface area (Å²) in [6, 6.07) is 0. The summed E-state index contributed by atoms with van der Waals surface area (Å²) >= 11 is 0. The standard InChI is InChI=1S/C34H39F24O9P3Si7/c1-71(2,64-75(9,10)68(56,59)32(50,51)14-17(35)23(41)29(47)24(42)18(14)36)62-73(5,6)66-77(13,70(58,61)34(54,55)16-21(39)27(45)31(49)28(46)22(16)40)67-74(7,8)63-72(3,4)65-76(11,12)69(57,60)33(52,53)15-19(37)25(43)30(48)26(44)20(15)38/h1-13H3. The van der Waals surface area contributed by atoms with Crippen molar-refractivity contribution < 1.29 is 143 Å². The monoisotopic (exact) mass is 1340 g/mol. The van der Waals surface area contributed by atoms with Gasteiger partial charge in [0, 0.05) is 0 Å². The van der Waals surface area contributed by atoms with Crippen molar-refractivity contribution in [3.05, 3.63) is 104 Å². The van der Waals surface area contributed by atoms with E-state index in [1.54, 1.807) is 0 Å². The molecule has 0 aliphatic rings. The van der Waals surface area contributed by atoms with E-state index in [-0.39, 0.29) is 32.7 Å². The van der Waals surface area contributed by atoms with Crippen LogP contribution in [0.15, 0.2) is 0 Å². The van der Waals surface area contributed by atoms with E-state index in [9.17, 15) is 70.8 Å². The Bertz CT molecular complexity index is 2800. The molecule has 0 bridgehead atoms. The zero-order valence-corrected chi connectivity index (χ0v) is 50.8. The first-order chi connectivity index (χ1) is 33.8. The van der Waals surface area contributed by atoms with Crippen molar-refractivity contribution in [3.63, 3.8) is 0 Å². The first-order valence-electron chi connectivity index (χ1n) is 20.6. The topological polar surface area (TPSA) is 107 Å². The quantitative estimate of drug-likeness (QED) is 0.0339. The molecule has 0 aliphatic carbocycles. The molecular formula is C34H39F24O9P3Si7. The third-order valence-corrected chi connectivity index (χ3v) is 57.0. The summed E-state index contributed by atoms with van der Waals surface area (Å²) in [6.07, 6.45) is 0. The molecule has 0 aromatic heterocycles. The fraction of sp³-hybridized carbons (Fsp3) is 0.471. The molecule has 0 radical (unpaired) electrons. The largest absolute Gasteiger partial charge is 0.429 e. The maximum Gasteiger partial charge on any atom is 0.427 e. The molecule has 9 nitrogen and oxygen atoms in total. The van der Waals surface area contributed by atoms with Gasteiger partial charge in [-0.2, -0.15) is 38.9 Å². The zero-order chi connectivity index (χ0) is 61.1. The summed E-state index contributed by atoms with van der Waals surface area (Å²) < 4.78 is 433. The Hall–Kier alpha value is -2.05. The number of alkyl halides is 6. The number of halogens is 24. The lowest BCUT2D eigenvalue weighted by Gasteiger charge is -2.46. The molecule has 0 saturated heterocycles. The molecule has 3 aromatic rings. The van der Waals surface area contributed by atoms with Gasteiger partial charge in [0.15, 0.2) is 69.8 Å². The maximum absolute atomic E-state index is 17.2. The van der Waals surface area contributed by atoms with Crippen molar-refractivity contribution in [1.29, 1.82) is 0 Å². The van der Waals surface area contributed by atoms with Crippen LogP contribution >= 0.6 is 21.0 Å². The minimum atomic E-state index is -7.99. The molecule has 0 spiro atoms. The minimum absolute atomic E-state index is 0.0209. The Kier molecular flexibility index (Phi) is 19.1. The van der Waals surface area contributed by atoms with Crippen LogP contribution in [-0.4, -0.2) is 58.4 Å². The van der Waals surface area contributed by atoms with Gasteiger partial charge in [-0.05, 0) is 85.1 Å². The highest BCUT2D eigenvalue weighted by atomic mass is 31.5. The molecule has 3 unspecified atom stereocenters. The maximum atomic E-state index is 17.2. The van der Waals surface area contributed by atoms with Gasteiger partial charge in [0.25, 0.3) is 16.0 Å². The van der Waals surface area contributed by atoms with Crippen LogP contribution in [-0.2, 0) is 55.4 Å². The van der Waals surface area contributed by atoms with Gasteiger partial charge in [0.1, 0.15) is 16.7 Å². The van der Waals surface area contributed by atoms with Crippen molar-refractivity contribution in [2.45, 2.75) is 102 Å². The minimum Gasteiger partial charge on any atom is -0.429 e. The van der Waals surface area contributed by atoms with Crippen molar-refractivity contribution in [2.75, 3.05) is 0 Å². The van der Waals surface area contributed by atoms with Crippen LogP contribution in [0.25, 0.3) is 0 Å². The number of hydrogen-bond donors (Lipinski definition) is 0. The van der Waals surface area contributed by atoms with Crippen LogP contribution in [0.5, 0.6) is 0 Å². The smallest absolute Gasteiger partial charge is 0.427 e. The van der Waals surface area contributed by atoms with Crippen LogP contribution in [0.1, 0.15) is 16.7 Å². The SMILES string of the molecule is C[Si](C)(O[Si](C)(C)O[Si](C)(O[Si](C)(C)O[Si](C)(C)O[Si](C)(C)P(=O)(F)C(F)(F)c1c(F)c(F)c(F)c(F)c1F)P(=O)(F)C(F)(F)c1c(F)c(F)c(F)c(F)c1F)O[Si](C)(C)P(=O)(F)C(F)(F)c1c(F)c(F)c(F)c(F)c1F. The summed E-state index contributed by atoms with van der Waals surface area (Å²) in [6.45, 7) is 6.14. The Morgan fingerprint density at radius 2 is 0.429 bits per heavy atom. The molecule has 0 heterocycles. The molecule has 0 saturated carbocycles. The summed E-state index contributed by atoms with van der Waals surface area (Å²) in [5, 5.41) is 0. The van der Waals surface area contributed by atoms with Crippen molar-refractivity contribution >= 4 is 79.4 Å². The lowest BCUT2D eigenvalue weighted by Crippen LogP contribution is -2.62. The number of hydrogen-bond acceptors (Lipinski definition) is 9. The molecule has 0 aliphatic heterocycles. The van der Waals surface area contributed by atoms with Gasteiger partial charge in [-0.15, -0.1) is 0 Å². The van der Waals surface area contributed by atoms with E-state index in [4.69, 9.17) is 24.7 Å². The molecule has 0 fully saturated rings. The lowest BCUT2D eigenvalue weighted by molar-refractivity contribution is 0.0700. The van der Waals surface area contributed by atoms with Gasteiger partial charge in [-0.25, -0.2) is 65.9 Å². The highest BCUT2D eigenvalue weighted by Gasteiger charge is 2.74. The van der Waals surface area contributed by atoms with E-state index in [1.165, 1.54) is 0 Å². The molecule has 3 aromatic carbocycles. The van der Waals surface area contributed by atoms with Gasteiger partial charge in [-0.1, -0.05) is 0 Å². The van der Waals surface area contributed by atoms with Gasteiger partial charge >= 0.3 is 80.5 Å². The number of rotatable bonds is 21. The Labute approximate surface area is 427 Å². The van der Waals surface area contributed by atoms with Gasteiger partial charge < -0.3 is 24.7 Å². The third kappa shape index (κ3) is 12.1. The summed E-state index contributed by atoms with van der Waals surface area (Å²) in [5.74, 6) is -48.1. The van der Waals surface area contributed by atoms with Crippen LogP contribution in [0.3, 0.4) is 0 Å². The molecule has 0 N–H and O–H groups in total. The first-order valence-corrected chi connectivity index (χ1v) is 47.3. The predicted molar refractivity (Wildman–Crippen MR) is 240 cm³/mol. The van der Waals surface area contributed by atoms with E-state index in [2.05, 4.69) is 0 Å². The molecule has 43 heteroatoms. The zero-order valence-electron chi connectivity index (χ0n) is 41.1. The van der Waals surface area contributed by atoms with Crippen LogP contribution < -0.4 is 0 Å². The molecule has 77 heavy (non-hydrogen) atoms. The van der Waals surface area contributed by atoms with E-state index >= 15 is 47.7 Å². The lowest BCUT2D eigenvalue weighted by atomic mass is 10.1. The van der Waals surface area contributed by atoms with E-state index in [1.807, 2.05) is 0 Å². The average Bonchev–Trinajstić information content (AvgIpc) is 3.22. The van der Waals surface area contributed by atoms with E-state index < -0.39 is 200 Å². The van der Waals surface area contributed by atoms with Crippen LogP contribution in [0, 0.1) is 87.3 Å². The second-order valence-corrected chi connectivity index (χ2v) is 61.7. The Morgan fingerprint density at radius 3 is 0.623 bits per heavy atom. The fourth-order valence-electron chi connectivity index (χ4n) is 7.61. The Balaban J connectivity index is 2.23. The number of benzene rings is 3.